The predicted octanol–water partition coefficient (Wildman–Crippen LogP) is 4.98. The van der Waals surface area contributed by atoms with Gasteiger partial charge in [-0.05, 0) is 41.8 Å². The summed E-state index contributed by atoms with van der Waals surface area (Å²) in [5.74, 6) is 0.809. The molecule has 1 saturated heterocycles. The number of aryl methyl sites for hydroxylation is 1. The van der Waals surface area contributed by atoms with Crippen LogP contribution in [0.15, 0.2) is 46.2 Å². The molecule has 0 bridgehead atoms. The van der Waals surface area contributed by atoms with Crippen LogP contribution in [0.5, 0.6) is 0 Å². The highest BCUT2D eigenvalue weighted by Crippen LogP contribution is 2.33. The van der Waals surface area contributed by atoms with E-state index in [1.54, 1.807) is 13.8 Å². The van der Waals surface area contributed by atoms with E-state index in [-0.39, 0.29) is 17.9 Å². The Morgan fingerprint density at radius 3 is 2.47 bits per heavy atom. The first-order chi connectivity index (χ1) is 14.1. The van der Waals surface area contributed by atoms with E-state index < -0.39 is 11.6 Å². The zero-order chi connectivity index (χ0) is 21.7. The minimum atomic E-state index is -1.11. The summed E-state index contributed by atoms with van der Waals surface area (Å²) in [6.45, 7) is 10.0. The number of oxazole rings is 1. The van der Waals surface area contributed by atoms with Crippen molar-refractivity contribution in [3.05, 3.63) is 64.4 Å². The number of imide groups is 1. The summed E-state index contributed by atoms with van der Waals surface area (Å²) in [6.07, 6.45) is 0. The molecule has 0 aliphatic carbocycles. The second-order valence-electron chi connectivity index (χ2n) is 8.77. The summed E-state index contributed by atoms with van der Waals surface area (Å²) in [7, 11) is 0. The fraction of sp³-hybridized carbons (Fsp3) is 0.348. The molecule has 1 unspecified atom stereocenters. The van der Waals surface area contributed by atoms with Gasteiger partial charge in [-0.15, -0.1) is 11.3 Å². The molecule has 1 fully saturated rings. The number of benzene rings is 1. The van der Waals surface area contributed by atoms with Crippen LogP contribution in [0.1, 0.15) is 50.3 Å². The van der Waals surface area contributed by atoms with Gasteiger partial charge in [0, 0.05) is 0 Å². The summed E-state index contributed by atoms with van der Waals surface area (Å²) < 4.78 is 5.75. The van der Waals surface area contributed by atoms with Crippen LogP contribution in [0.3, 0.4) is 0 Å². The average molecular weight is 424 g/mol. The van der Waals surface area contributed by atoms with Crippen LogP contribution in [0.2, 0.25) is 0 Å². The number of nitrogens with one attached hydrogen (secondary N) is 1. The van der Waals surface area contributed by atoms with Crippen LogP contribution < -0.4 is 5.32 Å². The summed E-state index contributed by atoms with van der Waals surface area (Å²) in [5, 5.41) is 4.81. The van der Waals surface area contributed by atoms with Crippen molar-refractivity contribution in [2.75, 3.05) is 0 Å². The van der Waals surface area contributed by atoms with Crippen molar-refractivity contribution in [1.82, 2.24) is 15.2 Å². The Morgan fingerprint density at radius 1 is 1.17 bits per heavy atom. The Labute approximate surface area is 179 Å². The van der Waals surface area contributed by atoms with Crippen LogP contribution in [-0.4, -0.2) is 21.8 Å². The summed E-state index contributed by atoms with van der Waals surface area (Å²) >= 11 is 1.53. The average Bonchev–Trinajstić information content (AvgIpc) is 3.38. The van der Waals surface area contributed by atoms with E-state index >= 15 is 0 Å². The number of rotatable bonds is 4. The lowest BCUT2D eigenvalue weighted by molar-refractivity contribution is -0.131. The molecule has 3 amide bonds. The van der Waals surface area contributed by atoms with Gasteiger partial charge in [0.25, 0.3) is 5.91 Å². The molecule has 0 spiro atoms. The third-order valence-corrected chi connectivity index (χ3v) is 6.39. The van der Waals surface area contributed by atoms with Gasteiger partial charge < -0.3 is 9.73 Å². The van der Waals surface area contributed by atoms with E-state index in [0.717, 1.165) is 10.4 Å². The fourth-order valence-corrected chi connectivity index (χ4v) is 4.22. The monoisotopic (exact) mass is 423 g/mol. The summed E-state index contributed by atoms with van der Waals surface area (Å²) in [6, 6.07) is 11.3. The SMILES string of the molecule is Cc1oc(-c2cccs2)nc1CN1C(=O)NC(C)(c2ccc(C(C)(C)C)cc2)C1=O. The maximum absolute atomic E-state index is 13.3. The first kappa shape index (κ1) is 20.3. The first-order valence-electron chi connectivity index (χ1n) is 9.85. The van der Waals surface area contributed by atoms with Crippen molar-refractivity contribution >= 4 is 23.3 Å². The van der Waals surface area contributed by atoms with Crippen molar-refractivity contribution in [3.8, 4) is 10.8 Å². The Kier molecular flexibility index (Phi) is 4.81. The van der Waals surface area contributed by atoms with Gasteiger partial charge in [0.15, 0.2) is 0 Å². The molecule has 1 N–H and O–H groups in total. The number of amides is 3. The number of hydrogen-bond acceptors (Lipinski definition) is 5. The van der Waals surface area contributed by atoms with Gasteiger partial charge in [0.2, 0.25) is 5.89 Å². The largest absolute Gasteiger partial charge is 0.440 e. The first-order valence-corrected chi connectivity index (χ1v) is 10.7. The van der Waals surface area contributed by atoms with Gasteiger partial charge in [0.05, 0.1) is 11.4 Å². The van der Waals surface area contributed by atoms with Crippen LogP contribution >= 0.6 is 11.3 Å². The second kappa shape index (κ2) is 7.09. The molecule has 1 atom stereocenters. The molecule has 1 aromatic carbocycles. The molecule has 6 nitrogen and oxygen atoms in total. The minimum Gasteiger partial charge on any atom is -0.440 e. The van der Waals surface area contributed by atoms with Crippen molar-refractivity contribution in [3.63, 3.8) is 0 Å². The molecule has 0 saturated carbocycles. The van der Waals surface area contributed by atoms with E-state index in [2.05, 4.69) is 31.1 Å². The fourth-order valence-electron chi connectivity index (χ4n) is 3.57. The molecule has 1 aliphatic heterocycles. The van der Waals surface area contributed by atoms with Gasteiger partial charge in [0.1, 0.15) is 17.0 Å². The van der Waals surface area contributed by atoms with Crippen molar-refractivity contribution in [1.29, 1.82) is 0 Å². The quantitative estimate of drug-likeness (QED) is 0.601. The van der Waals surface area contributed by atoms with Crippen LogP contribution in [-0.2, 0) is 22.3 Å². The number of thiophene rings is 1. The normalized spacial score (nSPS) is 19.4. The molecule has 1 aliphatic rings. The Hall–Kier alpha value is -2.93. The highest BCUT2D eigenvalue weighted by molar-refractivity contribution is 7.13. The van der Waals surface area contributed by atoms with E-state index in [1.165, 1.54) is 21.8 Å². The molecule has 156 valence electrons. The lowest BCUT2D eigenvalue weighted by Crippen LogP contribution is -2.40. The van der Waals surface area contributed by atoms with Gasteiger partial charge in [-0.2, -0.15) is 0 Å². The van der Waals surface area contributed by atoms with E-state index in [9.17, 15) is 9.59 Å². The highest BCUT2D eigenvalue weighted by atomic mass is 32.1. The third kappa shape index (κ3) is 3.43. The lowest BCUT2D eigenvalue weighted by atomic mass is 9.84. The van der Waals surface area contributed by atoms with Crippen LogP contribution in [0.4, 0.5) is 4.79 Å². The van der Waals surface area contributed by atoms with Crippen LogP contribution in [0.25, 0.3) is 10.8 Å². The maximum atomic E-state index is 13.3. The highest BCUT2D eigenvalue weighted by Gasteiger charge is 2.49. The van der Waals surface area contributed by atoms with Gasteiger partial charge in [-0.1, -0.05) is 51.1 Å². The number of nitrogens with zero attached hydrogens (tertiary/aromatic N) is 2. The third-order valence-electron chi connectivity index (χ3n) is 5.54. The summed E-state index contributed by atoms with van der Waals surface area (Å²) in [4.78, 5) is 32.6. The summed E-state index contributed by atoms with van der Waals surface area (Å²) in [5.41, 5.74) is 1.41. The molecule has 30 heavy (non-hydrogen) atoms. The molecule has 4 rings (SSSR count). The van der Waals surface area contributed by atoms with E-state index in [0.29, 0.717) is 17.3 Å². The molecule has 2 aromatic heterocycles. The molecule has 7 heteroatoms. The van der Waals surface area contributed by atoms with Gasteiger partial charge >= 0.3 is 6.03 Å². The number of aromatic nitrogens is 1. The maximum Gasteiger partial charge on any atom is 0.325 e. The smallest absolute Gasteiger partial charge is 0.325 e. The molecular formula is C23H25N3O3S. The van der Waals surface area contributed by atoms with Crippen molar-refractivity contribution < 1.29 is 14.0 Å². The Bertz CT molecular complexity index is 1090. The minimum absolute atomic E-state index is 0.0130. The standard InChI is InChI=1S/C23H25N3O3S/c1-14-17(24-19(29-14)18-7-6-12-30-18)13-26-20(27)23(5,25-21(26)28)16-10-8-15(9-11-16)22(2,3)4/h6-12H,13H2,1-5H3,(H,25,28). The van der Waals surface area contributed by atoms with E-state index in [1.807, 2.05) is 41.8 Å². The Balaban J connectivity index is 1.59. The topological polar surface area (TPSA) is 75.4 Å². The Morgan fingerprint density at radius 2 is 1.87 bits per heavy atom. The lowest BCUT2D eigenvalue weighted by Gasteiger charge is -2.24. The predicted molar refractivity (Wildman–Crippen MR) is 116 cm³/mol. The van der Waals surface area contributed by atoms with Gasteiger partial charge in [-0.3, -0.25) is 9.69 Å². The van der Waals surface area contributed by atoms with E-state index in [4.69, 9.17) is 4.42 Å². The molecule has 0 radical (unpaired) electrons. The number of urea groups is 1. The number of carbonyl (C=O) groups is 2. The molecule has 3 heterocycles. The molecule has 3 aromatic rings. The number of carbonyl (C=O) groups excluding carboxylic acids is 2. The second-order valence-corrected chi connectivity index (χ2v) is 9.72. The zero-order valence-electron chi connectivity index (χ0n) is 17.8. The van der Waals surface area contributed by atoms with Gasteiger partial charge in [-0.25, -0.2) is 9.78 Å². The van der Waals surface area contributed by atoms with Crippen molar-refractivity contribution in [2.24, 2.45) is 0 Å². The van der Waals surface area contributed by atoms with Crippen molar-refractivity contribution in [2.45, 2.75) is 52.1 Å². The molecular weight excluding hydrogens is 398 g/mol. The number of hydrogen-bond donors (Lipinski definition) is 1. The van der Waals surface area contributed by atoms with Crippen LogP contribution in [0, 0.1) is 6.92 Å². The zero-order valence-corrected chi connectivity index (χ0v) is 18.6.